The fraction of sp³-hybridized carbons (Fsp3) is 0.385. The van der Waals surface area contributed by atoms with Gasteiger partial charge in [0.1, 0.15) is 10.0 Å². The number of hydrogen-bond donors (Lipinski definition) is 1. The zero-order chi connectivity index (χ0) is 13.7. The summed E-state index contributed by atoms with van der Waals surface area (Å²) in [5, 5.41) is 13.2. The predicted octanol–water partition coefficient (Wildman–Crippen LogP) is 2.50. The van der Waals surface area contributed by atoms with Gasteiger partial charge in [-0.25, -0.2) is 4.39 Å². The summed E-state index contributed by atoms with van der Waals surface area (Å²) in [7, 11) is 3.38. The SMILES string of the molecule is CNCCCc1nnc(-c2ccc(F)c(OC)c2)s1. The smallest absolute Gasteiger partial charge is 0.165 e. The number of benzene rings is 1. The molecule has 19 heavy (non-hydrogen) atoms. The molecule has 0 amide bonds. The Kier molecular flexibility index (Phi) is 4.81. The van der Waals surface area contributed by atoms with Crippen molar-refractivity contribution in [2.75, 3.05) is 20.7 Å². The molecule has 1 heterocycles. The third kappa shape index (κ3) is 3.48. The van der Waals surface area contributed by atoms with Crippen molar-refractivity contribution < 1.29 is 9.13 Å². The lowest BCUT2D eigenvalue weighted by Gasteiger charge is -2.02. The van der Waals surface area contributed by atoms with E-state index in [1.807, 2.05) is 7.05 Å². The number of rotatable bonds is 6. The van der Waals surface area contributed by atoms with Crippen LogP contribution in [0.2, 0.25) is 0 Å². The molecule has 1 N–H and O–H groups in total. The van der Waals surface area contributed by atoms with Crippen molar-refractivity contribution >= 4 is 11.3 Å². The fourth-order valence-corrected chi connectivity index (χ4v) is 2.56. The molecule has 102 valence electrons. The maximum Gasteiger partial charge on any atom is 0.165 e. The van der Waals surface area contributed by atoms with Crippen molar-refractivity contribution in [2.24, 2.45) is 0 Å². The van der Waals surface area contributed by atoms with E-state index in [2.05, 4.69) is 15.5 Å². The lowest BCUT2D eigenvalue weighted by atomic mass is 10.2. The summed E-state index contributed by atoms with van der Waals surface area (Å²) < 4.78 is 18.3. The average molecular weight is 281 g/mol. The Morgan fingerprint density at radius 1 is 1.37 bits per heavy atom. The molecule has 0 saturated heterocycles. The molecule has 0 unspecified atom stereocenters. The Labute approximate surface area is 115 Å². The minimum Gasteiger partial charge on any atom is -0.494 e. The summed E-state index contributed by atoms with van der Waals surface area (Å²) in [6.45, 7) is 0.958. The standard InChI is InChI=1S/C13H16FN3OS/c1-15-7-3-4-12-16-17-13(19-12)9-5-6-10(14)11(8-9)18-2/h5-6,8,15H,3-4,7H2,1-2H3. The molecular weight excluding hydrogens is 265 g/mol. The van der Waals surface area contributed by atoms with Gasteiger partial charge in [0.25, 0.3) is 0 Å². The second kappa shape index (κ2) is 6.58. The molecule has 0 fully saturated rings. The topological polar surface area (TPSA) is 47.0 Å². The Morgan fingerprint density at radius 3 is 2.95 bits per heavy atom. The number of nitrogens with one attached hydrogen (secondary N) is 1. The monoisotopic (exact) mass is 281 g/mol. The van der Waals surface area contributed by atoms with E-state index >= 15 is 0 Å². The minimum atomic E-state index is -0.370. The molecule has 0 radical (unpaired) electrons. The van der Waals surface area contributed by atoms with E-state index in [9.17, 15) is 4.39 Å². The summed E-state index contributed by atoms with van der Waals surface area (Å²) in [6.07, 6.45) is 1.93. The second-order valence-corrected chi connectivity index (χ2v) is 5.12. The fourth-order valence-electron chi connectivity index (χ4n) is 1.68. The zero-order valence-electron chi connectivity index (χ0n) is 10.9. The normalized spacial score (nSPS) is 10.7. The van der Waals surface area contributed by atoms with Crippen LogP contribution < -0.4 is 10.1 Å². The van der Waals surface area contributed by atoms with E-state index in [-0.39, 0.29) is 11.6 Å². The van der Waals surface area contributed by atoms with Gasteiger partial charge in [0, 0.05) is 12.0 Å². The van der Waals surface area contributed by atoms with Crippen molar-refractivity contribution in [1.29, 1.82) is 0 Å². The van der Waals surface area contributed by atoms with Gasteiger partial charge in [0.05, 0.1) is 7.11 Å². The number of hydrogen-bond acceptors (Lipinski definition) is 5. The largest absolute Gasteiger partial charge is 0.494 e. The predicted molar refractivity (Wildman–Crippen MR) is 74.1 cm³/mol. The molecule has 6 heteroatoms. The molecule has 0 spiro atoms. The van der Waals surface area contributed by atoms with Crippen LogP contribution in [0.15, 0.2) is 18.2 Å². The molecule has 1 aromatic carbocycles. The molecule has 2 aromatic rings. The number of halogens is 1. The van der Waals surface area contributed by atoms with E-state index in [1.54, 1.807) is 12.1 Å². The first-order chi connectivity index (χ1) is 9.24. The van der Waals surface area contributed by atoms with Gasteiger partial charge >= 0.3 is 0 Å². The van der Waals surface area contributed by atoms with Crippen molar-refractivity contribution in [2.45, 2.75) is 12.8 Å². The average Bonchev–Trinajstić information content (AvgIpc) is 2.88. The maximum absolute atomic E-state index is 13.3. The first kappa shape index (κ1) is 13.9. The lowest BCUT2D eigenvalue weighted by molar-refractivity contribution is 0.387. The van der Waals surface area contributed by atoms with Crippen molar-refractivity contribution in [1.82, 2.24) is 15.5 Å². The van der Waals surface area contributed by atoms with E-state index in [1.165, 1.54) is 24.5 Å². The van der Waals surface area contributed by atoms with Crippen LogP contribution in [-0.4, -0.2) is 30.9 Å². The van der Waals surface area contributed by atoms with Gasteiger partial charge in [-0.15, -0.1) is 10.2 Å². The number of methoxy groups -OCH3 is 1. The number of aryl methyl sites for hydroxylation is 1. The van der Waals surface area contributed by atoms with E-state index in [4.69, 9.17) is 4.74 Å². The van der Waals surface area contributed by atoms with Gasteiger partial charge in [0.2, 0.25) is 0 Å². The first-order valence-corrected chi connectivity index (χ1v) is 6.87. The molecule has 2 rings (SSSR count). The third-order valence-electron chi connectivity index (χ3n) is 2.68. The van der Waals surface area contributed by atoms with E-state index in [0.717, 1.165) is 35.0 Å². The minimum absolute atomic E-state index is 0.226. The van der Waals surface area contributed by atoms with Crippen LogP contribution in [0.5, 0.6) is 5.75 Å². The number of ether oxygens (including phenoxy) is 1. The van der Waals surface area contributed by atoms with Gasteiger partial charge < -0.3 is 10.1 Å². The number of aromatic nitrogens is 2. The van der Waals surface area contributed by atoms with Crippen molar-refractivity contribution in [3.63, 3.8) is 0 Å². The number of nitrogens with zero attached hydrogens (tertiary/aromatic N) is 2. The summed E-state index contributed by atoms with van der Waals surface area (Å²) in [6, 6.07) is 4.72. The van der Waals surface area contributed by atoms with Crippen LogP contribution in [0.1, 0.15) is 11.4 Å². The van der Waals surface area contributed by atoms with Crippen LogP contribution in [-0.2, 0) is 6.42 Å². The Bertz CT molecular complexity index is 544. The zero-order valence-corrected chi connectivity index (χ0v) is 11.8. The summed E-state index contributed by atoms with van der Waals surface area (Å²) in [4.78, 5) is 0. The Balaban J connectivity index is 2.13. The molecule has 4 nitrogen and oxygen atoms in total. The van der Waals surface area contributed by atoms with E-state index in [0.29, 0.717) is 0 Å². The molecule has 0 bridgehead atoms. The van der Waals surface area contributed by atoms with Gasteiger partial charge in [-0.3, -0.25) is 0 Å². The van der Waals surface area contributed by atoms with Gasteiger partial charge in [-0.2, -0.15) is 0 Å². The highest BCUT2D eigenvalue weighted by Crippen LogP contribution is 2.28. The first-order valence-electron chi connectivity index (χ1n) is 6.05. The Morgan fingerprint density at radius 2 is 2.21 bits per heavy atom. The summed E-state index contributed by atoms with van der Waals surface area (Å²) in [5.41, 5.74) is 0.829. The highest BCUT2D eigenvalue weighted by Gasteiger charge is 2.10. The quantitative estimate of drug-likeness (QED) is 0.826. The summed E-state index contributed by atoms with van der Waals surface area (Å²) in [5.74, 6) is -0.144. The molecule has 1 aromatic heterocycles. The maximum atomic E-state index is 13.3. The molecule has 0 saturated carbocycles. The Hall–Kier alpha value is -1.53. The molecule has 0 aliphatic rings. The van der Waals surface area contributed by atoms with Crippen molar-refractivity contribution in [3.05, 3.63) is 29.0 Å². The van der Waals surface area contributed by atoms with Crippen molar-refractivity contribution in [3.8, 4) is 16.3 Å². The molecule has 0 atom stereocenters. The lowest BCUT2D eigenvalue weighted by Crippen LogP contribution is -2.08. The van der Waals surface area contributed by atoms with Gasteiger partial charge in [-0.05, 0) is 38.2 Å². The van der Waals surface area contributed by atoms with Crippen LogP contribution in [0.25, 0.3) is 10.6 Å². The highest BCUT2D eigenvalue weighted by molar-refractivity contribution is 7.14. The van der Waals surface area contributed by atoms with E-state index < -0.39 is 0 Å². The summed E-state index contributed by atoms with van der Waals surface area (Å²) >= 11 is 1.53. The molecular formula is C13H16FN3OS. The van der Waals surface area contributed by atoms with Crippen LogP contribution >= 0.6 is 11.3 Å². The molecule has 0 aliphatic heterocycles. The third-order valence-corrected chi connectivity index (χ3v) is 3.71. The van der Waals surface area contributed by atoms with Crippen LogP contribution in [0.3, 0.4) is 0 Å². The second-order valence-electron chi connectivity index (χ2n) is 4.06. The van der Waals surface area contributed by atoms with Gasteiger partial charge in [0.15, 0.2) is 11.6 Å². The highest BCUT2D eigenvalue weighted by atomic mass is 32.1. The molecule has 0 aliphatic carbocycles. The van der Waals surface area contributed by atoms with Crippen LogP contribution in [0.4, 0.5) is 4.39 Å². The van der Waals surface area contributed by atoms with Crippen LogP contribution in [0, 0.1) is 5.82 Å². The van der Waals surface area contributed by atoms with Gasteiger partial charge in [-0.1, -0.05) is 11.3 Å².